The van der Waals surface area contributed by atoms with Crippen LogP contribution in [0.25, 0.3) is 10.6 Å². The second-order valence-electron chi connectivity index (χ2n) is 5.88. The zero-order valence-electron chi connectivity index (χ0n) is 12.4. The van der Waals surface area contributed by atoms with E-state index in [0.29, 0.717) is 18.4 Å². The molecule has 110 valence electrons. The summed E-state index contributed by atoms with van der Waals surface area (Å²) in [5, 5.41) is 6.03. The van der Waals surface area contributed by atoms with Gasteiger partial charge < -0.3 is 5.32 Å². The van der Waals surface area contributed by atoms with Gasteiger partial charge in [0.05, 0.1) is 12.1 Å². The summed E-state index contributed by atoms with van der Waals surface area (Å²) in [5.41, 5.74) is 3.21. The molecule has 1 aliphatic rings. The third kappa shape index (κ3) is 3.70. The van der Waals surface area contributed by atoms with E-state index >= 15 is 0 Å². The predicted octanol–water partition coefficient (Wildman–Crippen LogP) is 3.58. The van der Waals surface area contributed by atoms with Crippen molar-refractivity contribution in [3.63, 3.8) is 0 Å². The second kappa shape index (κ2) is 5.98. The van der Waals surface area contributed by atoms with Crippen LogP contribution in [-0.2, 0) is 11.2 Å². The summed E-state index contributed by atoms with van der Waals surface area (Å²) in [6, 6.07) is 8.62. The largest absolute Gasteiger partial charge is 0.353 e. The molecule has 1 atom stereocenters. The average Bonchev–Trinajstić information content (AvgIpc) is 3.21. The number of carbonyl (C=O) groups excluding carboxylic acids is 1. The standard InChI is InChI=1S/C17H20N2OS/c1-11-3-5-14(6-4-11)17-19-15(10-21-17)9-16(20)18-12(2)13-7-8-13/h3-6,10,12-13H,7-9H2,1-2H3,(H,18,20). The number of hydrogen-bond donors (Lipinski definition) is 1. The van der Waals surface area contributed by atoms with Gasteiger partial charge in [-0.15, -0.1) is 11.3 Å². The van der Waals surface area contributed by atoms with Gasteiger partial charge in [0.25, 0.3) is 0 Å². The SMILES string of the molecule is Cc1ccc(-c2nc(CC(=O)NC(C)C3CC3)cs2)cc1. The molecule has 0 saturated heterocycles. The Labute approximate surface area is 129 Å². The zero-order valence-corrected chi connectivity index (χ0v) is 13.2. The number of aryl methyl sites for hydroxylation is 1. The van der Waals surface area contributed by atoms with Gasteiger partial charge in [0.15, 0.2) is 0 Å². The number of aromatic nitrogens is 1. The smallest absolute Gasteiger partial charge is 0.226 e. The third-order valence-electron chi connectivity index (χ3n) is 3.91. The lowest BCUT2D eigenvalue weighted by atomic mass is 10.2. The summed E-state index contributed by atoms with van der Waals surface area (Å²) < 4.78 is 0. The molecular formula is C17H20N2OS. The Morgan fingerprint density at radius 2 is 2.10 bits per heavy atom. The fourth-order valence-electron chi connectivity index (χ4n) is 2.40. The molecule has 0 radical (unpaired) electrons. The minimum atomic E-state index is 0.0788. The van der Waals surface area contributed by atoms with E-state index in [4.69, 9.17) is 0 Å². The van der Waals surface area contributed by atoms with Crippen molar-refractivity contribution >= 4 is 17.2 Å². The van der Waals surface area contributed by atoms with Crippen LogP contribution in [0.15, 0.2) is 29.6 Å². The Balaban J connectivity index is 1.61. The van der Waals surface area contributed by atoms with Gasteiger partial charge in [0, 0.05) is 17.0 Å². The van der Waals surface area contributed by atoms with Gasteiger partial charge in [0.2, 0.25) is 5.91 Å². The highest BCUT2D eigenvalue weighted by molar-refractivity contribution is 7.13. The van der Waals surface area contributed by atoms with Crippen molar-refractivity contribution in [3.8, 4) is 10.6 Å². The van der Waals surface area contributed by atoms with E-state index in [0.717, 1.165) is 16.3 Å². The van der Waals surface area contributed by atoms with Gasteiger partial charge in [-0.3, -0.25) is 4.79 Å². The molecule has 0 spiro atoms. The number of benzene rings is 1. The van der Waals surface area contributed by atoms with Crippen LogP contribution in [0.3, 0.4) is 0 Å². The first-order chi connectivity index (χ1) is 10.1. The second-order valence-corrected chi connectivity index (χ2v) is 6.74. The van der Waals surface area contributed by atoms with E-state index in [1.165, 1.54) is 18.4 Å². The highest BCUT2D eigenvalue weighted by Gasteiger charge is 2.28. The number of hydrogen-bond acceptors (Lipinski definition) is 3. The summed E-state index contributed by atoms with van der Waals surface area (Å²) >= 11 is 1.60. The molecule has 3 rings (SSSR count). The monoisotopic (exact) mass is 300 g/mol. The van der Waals surface area contributed by atoms with Crippen molar-refractivity contribution < 1.29 is 4.79 Å². The minimum Gasteiger partial charge on any atom is -0.353 e. The lowest BCUT2D eigenvalue weighted by Gasteiger charge is -2.11. The fraction of sp³-hybridized carbons (Fsp3) is 0.412. The van der Waals surface area contributed by atoms with Crippen molar-refractivity contribution in [2.45, 2.75) is 39.2 Å². The normalized spacial score (nSPS) is 15.7. The Morgan fingerprint density at radius 1 is 1.38 bits per heavy atom. The summed E-state index contributed by atoms with van der Waals surface area (Å²) in [7, 11) is 0. The molecule has 1 amide bonds. The Hall–Kier alpha value is -1.68. The van der Waals surface area contributed by atoms with E-state index in [-0.39, 0.29) is 5.91 Å². The number of amides is 1. The summed E-state index contributed by atoms with van der Waals surface area (Å²) in [6.07, 6.45) is 2.87. The number of thiazole rings is 1. The predicted molar refractivity (Wildman–Crippen MR) is 86.3 cm³/mol. The molecular weight excluding hydrogens is 280 g/mol. The van der Waals surface area contributed by atoms with Gasteiger partial charge >= 0.3 is 0 Å². The average molecular weight is 300 g/mol. The lowest BCUT2D eigenvalue weighted by molar-refractivity contribution is -0.121. The molecule has 1 aromatic heterocycles. The first kappa shape index (κ1) is 14.3. The molecule has 1 saturated carbocycles. The molecule has 1 aromatic carbocycles. The van der Waals surface area contributed by atoms with Crippen molar-refractivity contribution in [2.24, 2.45) is 5.92 Å². The topological polar surface area (TPSA) is 42.0 Å². The van der Waals surface area contributed by atoms with Gasteiger partial charge in [-0.05, 0) is 32.6 Å². The Morgan fingerprint density at radius 3 is 2.76 bits per heavy atom. The molecule has 1 fully saturated rings. The Bertz CT molecular complexity index is 628. The minimum absolute atomic E-state index is 0.0788. The van der Waals surface area contributed by atoms with Crippen molar-refractivity contribution in [2.75, 3.05) is 0 Å². The van der Waals surface area contributed by atoms with Gasteiger partial charge in [-0.25, -0.2) is 4.98 Å². The third-order valence-corrected chi connectivity index (χ3v) is 4.85. The zero-order chi connectivity index (χ0) is 14.8. The van der Waals surface area contributed by atoms with Crippen LogP contribution in [0, 0.1) is 12.8 Å². The first-order valence-electron chi connectivity index (χ1n) is 7.42. The van der Waals surface area contributed by atoms with Crippen LogP contribution in [0.4, 0.5) is 0 Å². The van der Waals surface area contributed by atoms with E-state index in [2.05, 4.69) is 48.4 Å². The van der Waals surface area contributed by atoms with Crippen LogP contribution in [0.2, 0.25) is 0 Å². The van der Waals surface area contributed by atoms with E-state index in [9.17, 15) is 4.79 Å². The number of nitrogens with zero attached hydrogens (tertiary/aromatic N) is 1. The first-order valence-corrected chi connectivity index (χ1v) is 8.30. The Kier molecular flexibility index (Phi) is 4.06. The molecule has 1 heterocycles. The molecule has 4 heteroatoms. The number of carbonyl (C=O) groups is 1. The van der Waals surface area contributed by atoms with Crippen molar-refractivity contribution in [1.82, 2.24) is 10.3 Å². The highest BCUT2D eigenvalue weighted by Crippen LogP contribution is 2.32. The van der Waals surface area contributed by atoms with Crippen LogP contribution >= 0.6 is 11.3 Å². The van der Waals surface area contributed by atoms with Crippen LogP contribution < -0.4 is 5.32 Å². The molecule has 0 aliphatic heterocycles. The summed E-state index contributed by atoms with van der Waals surface area (Å²) in [6.45, 7) is 4.16. The lowest BCUT2D eigenvalue weighted by Crippen LogP contribution is -2.35. The maximum atomic E-state index is 12.0. The van der Waals surface area contributed by atoms with E-state index in [1.807, 2.05) is 5.38 Å². The van der Waals surface area contributed by atoms with E-state index < -0.39 is 0 Å². The van der Waals surface area contributed by atoms with Crippen molar-refractivity contribution in [1.29, 1.82) is 0 Å². The molecule has 21 heavy (non-hydrogen) atoms. The molecule has 3 nitrogen and oxygen atoms in total. The number of rotatable bonds is 5. The summed E-state index contributed by atoms with van der Waals surface area (Å²) in [5.74, 6) is 0.766. The summed E-state index contributed by atoms with van der Waals surface area (Å²) in [4.78, 5) is 16.6. The van der Waals surface area contributed by atoms with Gasteiger partial charge in [-0.2, -0.15) is 0 Å². The maximum Gasteiger partial charge on any atom is 0.226 e. The fourth-order valence-corrected chi connectivity index (χ4v) is 3.23. The van der Waals surface area contributed by atoms with Crippen molar-refractivity contribution in [3.05, 3.63) is 40.9 Å². The number of nitrogens with one attached hydrogen (secondary N) is 1. The molecule has 0 bridgehead atoms. The quantitative estimate of drug-likeness (QED) is 0.917. The molecule has 1 N–H and O–H groups in total. The van der Waals surface area contributed by atoms with E-state index in [1.54, 1.807) is 11.3 Å². The molecule has 1 aliphatic carbocycles. The maximum absolute atomic E-state index is 12.0. The van der Waals surface area contributed by atoms with Gasteiger partial charge in [-0.1, -0.05) is 29.8 Å². The molecule has 2 aromatic rings. The highest BCUT2D eigenvalue weighted by atomic mass is 32.1. The van der Waals surface area contributed by atoms with Crippen LogP contribution in [-0.4, -0.2) is 16.9 Å². The van der Waals surface area contributed by atoms with Gasteiger partial charge in [0.1, 0.15) is 5.01 Å². The van der Waals surface area contributed by atoms with Crippen LogP contribution in [0.1, 0.15) is 31.0 Å². The molecule has 1 unspecified atom stereocenters. The van der Waals surface area contributed by atoms with Crippen LogP contribution in [0.5, 0.6) is 0 Å².